The summed E-state index contributed by atoms with van der Waals surface area (Å²) in [5.74, 6) is 0. The molecule has 0 radical (unpaired) electrons. The summed E-state index contributed by atoms with van der Waals surface area (Å²) in [4.78, 5) is 0. The molecule has 1 aromatic heterocycles. The third-order valence-corrected chi connectivity index (χ3v) is 4.61. The Balaban J connectivity index is 2.15. The normalized spacial score (nSPS) is 16.0. The molecular weight excluding hydrogens is 243 g/mol. The zero-order chi connectivity index (χ0) is 14.0. The minimum absolute atomic E-state index is 0.782. The lowest BCUT2D eigenvalue weighted by atomic mass is 9.41. The highest BCUT2D eigenvalue weighted by Crippen LogP contribution is 2.23. The topological polar surface area (TPSA) is 15.9 Å². The number of nitrogens with one attached hydrogen (secondary N) is 1. The first-order chi connectivity index (χ1) is 9.79. The summed E-state index contributed by atoms with van der Waals surface area (Å²) in [6.07, 6.45) is 5.90. The van der Waals surface area contributed by atoms with Crippen LogP contribution in [0.1, 0.15) is 25.1 Å². The van der Waals surface area contributed by atoms with Crippen LogP contribution in [0.3, 0.4) is 0 Å². The second kappa shape index (κ2) is 5.16. The van der Waals surface area contributed by atoms with E-state index in [9.17, 15) is 0 Å². The van der Waals surface area contributed by atoms with Crippen LogP contribution in [0.5, 0.6) is 0 Å². The summed E-state index contributed by atoms with van der Waals surface area (Å²) in [6.45, 7) is 4.54. The Morgan fingerprint density at radius 3 is 2.35 bits per heavy atom. The largest absolute Gasteiger partial charge is 0.498 e. The molecule has 2 heterocycles. The number of pyridine rings is 1. The molecule has 0 fully saturated rings. The molecule has 1 aliphatic rings. The van der Waals surface area contributed by atoms with E-state index in [1.807, 2.05) is 0 Å². The summed E-state index contributed by atoms with van der Waals surface area (Å²) in [7, 11) is 0. The lowest BCUT2D eigenvalue weighted by molar-refractivity contribution is -0.553. The SMILES string of the molecule is CC[B-]1(CC)NC(c2ccccc2)=Cc2cccc[n+]21. The third-order valence-electron chi connectivity index (χ3n) is 4.61. The first-order valence-corrected chi connectivity index (χ1v) is 7.54. The van der Waals surface area contributed by atoms with Crippen molar-refractivity contribution in [3.63, 3.8) is 0 Å². The summed E-state index contributed by atoms with van der Waals surface area (Å²) >= 11 is 0. The fourth-order valence-electron chi connectivity index (χ4n) is 3.26. The highest BCUT2D eigenvalue weighted by Gasteiger charge is 2.38. The average Bonchev–Trinajstić information content (AvgIpc) is 2.54. The standard InChI is InChI=1S/C17H21BN2/c1-3-18(4-2)19-17(15-10-6-5-7-11-15)14-16-12-8-9-13-20(16)18/h5-14,19H,3-4H2,1-2H3. The Hall–Kier alpha value is -2.03. The van der Waals surface area contributed by atoms with Crippen molar-refractivity contribution >= 4 is 18.2 Å². The van der Waals surface area contributed by atoms with Gasteiger partial charge in [-0.1, -0.05) is 62.9 Å². The molecule has 0 bridgehead atoms. The summed E-state index contributed by atoms with van der Waals surface area (Å²) in [5, 5.41) is 3.83. The van der Waals surface area contributed by atoms with Crippen molar-refractivity contribution in [1.82, 2.24) is 5.23 Å². The van der Waals surface area contributed by atoms with Crippen molar-refractivity contribution in [3.05, 3.63) is 66.0 Å². The molecule has 20 heavy (non-hydrogen) atoms. The molecule has 3 rings (SSSR count). The Morgan fingerprint density at radius 1 is 0.950 bits per heavy atom. The fraction of sp³-hybridized carbons (Fsp3) is 0.235. The van der Waals surface area contributed by atoms with Crippen LogP contribution in [0.15, 0.2) is 54.7 Å². The number of hydrogen-bond acceptors (Lipinski definition) is 1. The third kappa shape index (κ3) is 2.03. The van der Waals surface area contributed by atoms with E-state index in [1.54, 1.807) is 0 Å². The van der Waals surface area contributed by atoms with Gasteiger partial charge in [0.15, 0.2) is 5.69 Å². The van der Waals surface area contributed by atoms with Gasteiger partial charge in [0.25, 0.3) is 0 Å². The van der Waals surface area contributed by atoms with Crippen LogP contribution in [0.25, 0.3) is 11.8 Å². The van der Waals surface area contributed by atoms with Crippen molar-refractivity contribution < 1.29 is 4.48 Å². The summed E-state index contributed by atoms with van der Waals surface area (Å²) in [6, 6.07) is 17.0. The van der Waals surface area contributed by atoms with E-state index in [0.29, 0.717) is 0 Å². The molecule has 0 amide bonds. The monoisotopic (exact) mass is 264 g/mol. The number of aromatic nitrogens is 1. The second-order valence-corrected chi connectivity index (χ2v) is 5.61. The van der Waals surface area contributed by atoms with Crippen LogP contribution in [-0.2, 0) is 0 Å². The van der Waals surface area contributed by atoms with Gasteiger partial charge in [0.05, 0.1) is 0 Å². The Bertz CT molecular complexity index is 630. The van der Waals surface area contributed by atoms with Gasteiger partial charge in [-0.15, -0.1) is 0 Å². The van der Waals surface area contributed by atoms with E-state index < -0.39 is 6.42 Å². The molecule has 0 saturated carbocycles. The van der Waals surface area contributed by atoms with Crippen LogP contribution in [-0.4, -0.2) is 6.42 Å². The van der Waals surface area contributed by atoms with E-state index in [0.717, 1.165) is 12.6 Å². The highest BCUT2D eigenvalue weighted by molar-refractivity contribution is 6.70. The summed E-state index contributed by atoms with van der Waals surface area (Å²) in [5.41, 5.74) is 3.78. The molecule has 0 unspecified atom stereocenters. The zero-order valence-corrected chi connectivity index (χ0v) is 12.2. The number of rotatable bonds is 3. The molecule has 1 aliphatic heterocycles. The van der Waals surface area contributed by atoms with Crippen molar-refractivity contribution in [2.75, 3.05) is 0 Å². The molecule has 0 spiro atoms. The predicted octanol–water partition coefficient (Wildman–Crippen LogP) is 3.41. The molecule has 2 nitrogen and oxygen atoms in total. The van der Waals surface area contributed by atoms with Gasteiger partial charge >= 0.3 is 6.42 Å². The van der Waals surface area contributed by atoms with Crippen molar-refractivity contribution in [3.8, 4) is 0 Å². The number of hydrogen-bond donors (Lipinski definition) is 1. The molecule has 3 heteroatoms. The fourth-order valence-corrected chi connectivity index (χ4v) is 3.26. The molecule has 0 saturated heterocycles. The van der Waals surface area contributed by atoms with Gasteiger partial charge in [-0.3, -0.25) is 0 Å². The average molecular weight is 264 g/mol. The molecular formula is C17H21BN2. The van der Waals surface area contributed by atoms with Crippen molar-refractivity contribution in [2.24, 2.45) is 0 Å². The number of benzene rings is 1. The maximum Gasteiger partial charge on any atom is 0.371 e. The molecule has 1 N–H and O–H groups in total. The van der Waals surface area contributed by atoms with Crippen LogP contribution in [0, 0.1) is 0 Å². The van der Waals surface area contributed by atoms with Crippen molar-refractivity contribution in [2.45, 2.75) is 26.5 Å². The molecule has 0 atom stereocenters. The van der Waals surface area contributed by atoms with E-state index in [4.69, 9.17) is 0 Å². The minimum Gasteiger partial charge on any atom is -0.498 e. The van der Waals surface area contributed by atoms with Gasteiger partial charge < -0.3 is 9.71 Å². The molecule has 1 aromatic carbocycles. The zero-order valence-electron chi connectivity index (χ0n) is 12.2. The van der Waals surface area contributed by atoms with E-state index in [2.05, 4.69) is 84.4 Å². The van der Waals surface area contributed by atoms with E-state index >= 15 is 0 Å². The molecule has 102 valence electrons. The Morgan fingerprint density at radius 2 is 1.65 bits per heavy atom. The quantitative estimate of drug-likeness (QED) is 0.840. The predicted molar refractivity (Wildman–Crippen MR) is 86.2 cm³/mol. The Labute approximate surface area is 121 Å². The van der Waals surface area contributed by atoms with Crippen LogP contribution >= 0.6 is 0 Å². The van der Waals surface area contributed by atoms with Crippen LogP contribution in [0.4, 0.5) is 0 Å². The smallest absolute Gasteiger partial charge is 0.371 e. The van der Waals surface area contributed by atoms with Crippen LogP contribution in [0.2, 0.25) is 12.6 Å². The Kier molecular flexibility index (Phi) is 3.35. The molecule has 0 aliphatic carbocycles. The van der Waals surface area contributed by atoms with E-state index in [-0.39, 0.29) is 0 Å². The van der Waals surface area contributed by atoms with Crippen LogP contribution < -0.4 is 9.71 Å². The van der Waals surface area contributed by atoms with Gasteiger partial charge in [-0.2, -0.15) is 0 Å². The van der Waals surface area contributed by atoms with Crippen molar-refractivity contribution in [1.29, 1.82) is 0 Å². The number of nitrogens with zero attached hydrogens (tertiary/aromatic N) is 1. The maximum absolute atomic E-state index is 3.83. The first kappa shape index (κ1) is 13.0. The molecule has 2 aromatic rings. The lowest BCUT2D eigenvalue weighted by Crippen LogP contribution is -2.74. The lowest BCUT2D eigenvalue weighted by Gasteiger charge is -2.39. The minimum atomic E-state index is -0.782. The van der Waals surface area contributed by atoms with Gasteiger partial charge in [0.1, 0.15) is 6.20 Å². The van der Waals surface area contributed by atoms with Gasteiger partial charge in [-0.05, 0) is 11.6 Å². The summed E-state index contributed by atoms with van der Waals surface area (Å²) < 4.78 is 2.42. The first-order valence-electron chi connectivity index (χ1n) is 7.54. The maximum atomic E-state index is 3.83. The highest BCUT2D eigenvalue weighted by atomic mass is 15.1. The van der Waals surface area contributed by atoms with Gasteiger partial charge in [0, 0.05) is 17.8 Å². The number of fused-ring (bicyclic) bond motifs is 1. The van der Waals surface area contributed by atoms with E-state index in [1.165, 1.54) is 17.0 Å². The van der Waals surface area contributed by atoms with Gasteiger partial charge in [-0.25, -0.2) is 0 Å². The second-order valence-electron chi connectivity index (χ2n) is 5.61. The van der Waals surface area contributed by atoms with Gasteiger partial charge in [0.2, 0.25) is 0 Å².